The summed E-state index contributed by atoms with van der Waals surface area (Å²) in [7, 11) is 0. The van der Waals surface area contributed by atoms with Crippen molar-refractivity contribution in [1.82, 2.24) is 10.2 Å². The molecule has 2 aromatic carbocycles. The molecule has 0 saturated heterocycles. The van der Waals surface area contributed by atoms with Crippen molar-refractivity contribution in [3.8, 4) is 0 Å². The Balaban J connectivity index is 1.37. The number of fused-ring (bicyclic) bond motifs is 1. The lowest BCUT2D eigenvalue weighted by molar-refractivity contribution is -0.116. The molecule has 0 radical (unpaired) electrons. The summed E-state index contributed by atoms with van der Waals surface area (Å²) in [6.45, 7) is 4.15. The Hall–Kier alpha value is -2.38. The van der Waals surface area contributed by atoms with Gasteiger partial charge in [-0.3, -0.25) is 4.79 Å². The number of rotatable bonds is 5. The maximum Gasteiger partial charge on any atom is 0.237 e. The van der Waals surface area contributed by atoms with Crippen LogP contribution in [0.15, 0.2) is 52.9 Å². The van der Waals surface area contributed by atoms with E-state index in [9.17, 15) is 4.79 Å². The lowest BCUT2D eigenvalue weighted by Gasteiger charge is -2.22. The van der Waals surface area contributed by atoms with Gasteiger partial charge >= 0.3 is 0 Å². The van der Waals surface area contributed by atoms with Gasteiger partial charge in [0.25, 0.3) is 0 Å². The van der Waals surface area contributed by atoms with E-state index in [2.05, 4.69) is 35.4 Å². The Morgan fingerprint density at radius 3 is 2.81 bits per heavy atom. The van der Waals surface area contributed by atoms with Crippen LogP contribution < -0.4 is 10.2 Å². The van der Waals surface area contributed by atoms with E-state index in [1.54, 1.807) is 0 Å². The van der Waals surface area contributed by atoms with Gasteiger partial charge in [0.1, 0.15) is 0 Å². The van der Waals surface area contributed by atoms with Crippen LogP contribution in [0, 0.1) is 6.92 Å². The summed E-state index contributed by atoms with van der Waals surface area (Å²) in [6.07, 6.45) is 0.913. The van der Waals surface area contributed by atoms with Gasteiger partial charge in [-0.05, 0) is 44.0 Å². The maximum absolute atomic E-state index is 12.8. The Kier molecular flexibility index (Phi) is 5.13. The molecule has 5 nitrogen and oxygen atoms in total. The van der Waals surface area contributed by atoms with E-state index in [0.29, 0.717) is 5.75 Å². The van der Waals surface area contributed by atoms with Crippen LogP contribution in [0.2, 0.25) is 0 Å². The number of para-hydroxylation sites is 1. The number of carbonyl (C=O) groups is 1. The van der Waals surface area contributed by atoms with Gasteiger partial charge in [0.2, 0.25) is 11.0 Å². The molecular formula is C20H20N4OS2. The third-order valence-electron chi connectivity index (χ3n) is 4.50. The van der Waals surface area contributed by atoms with Crippen LogP contribution >= 0.6 is 23.1 Å². The number of nitrogens with zero attached hydrogens (tertiary/aromatic N) is 3. The molecule has 0 fully saturated rings. The summed E-state index contributed by atoms with van der Waals surface area (Å²) in [6, 6.07) is 16.5. The van der Waals surface area contributed by atoms with E-state index in [1.807, 2.05) is 47.4 Å². The van der Waals surface area contributed by atoms with E-state index >= 15 is 0 Å². The van der Waals surface area contributed by atoms with Gasteiger partial charge < -0.3 is 10.2 Å². The molecule has 0 saturated carbocycles. The molecule has 1 aliphatic heterocycles. The Morgan fingerprint density at radius 1 is 1.22 bits per heavy atom. The third kappa shape index (κ3) is 3.99. The van der Waals surface area contributed by atoms with Gasteiger partial charge in [-0.2, -0.15) is 0 Å². The van der Waals surface area contributed by atoms with Crippen LogP contribution in [0.5, 0.6) is 0 Å². The molecular weight excluding hydrogens is 376 g/mol. The Morgan fingerprint density at radius 2 is 2.00 bits per heavy atom. The third-order valence-corrected chi connectivity index (χ3v) is 6.46. The van der Waals surface area contributed by atoms with Crippen LogP contribution in [0.25, 0.3) is 0 Å². The predicted octanol–water partition coefficient (Wildman–Crippen LogP) is 4.66. The van der Waals surface area contributed by atoms with Gasteiger partial charge in [0.05, 0.1) is 5.75 Å². The van der Waals surface area contributed by atoms with Crippen LogP contribution in [0.3, 0.4) is 0 Å². The first kappa shape index (κ1) is 18.0. The highest BCUT2D eigenvalue weighted by Crippen LogP contribution is 2.33. The monoisotopic (exact) mass is 396 g/mol. The zero-order valence-electron chi connectivity index (χ0n) is 15.2. The smallest absolute Gasteiger partial charge is 0.237 e. The normalized spacial score (nSPS) is 15.6. The zero-order valence-corrected chi connectivity index (χ0v) is 16.8. The molecule has 2 heterocycles. The van der Waals surface area contributed by atoms with Crippen molar-refractivity contribution >= 4 is 45.5 Å². The van der Waals surface area contributed by atoms with E-state index in [0.717, 1.165) is 27.3 Å². The standard InChI is InChI=1S/C20H20N4OS2/c1-13-7-9-16(10-8-13)21-19-22-23-20(27-19)26-12-18(25)24-14(2)11-15-5-3-4-6-17(15)24/h3-10,14H,11-12H2,1-2H3,(H,21,22)/t14-/m1/s1. The number of anilines is 3. The zero-order chi connectivity index (χ0) is 18.8. The van der Waals surface area contributed by atoms with E-state index in [1.165, 1.54) is 34.2 Å². The lowest BCUT2D eigenvalue weighted by atomic mass is 10.1. The summed E-state index contributed by atoms with van der Waals surface area (Å²) in [5.74, 6) is 0.471. The van der Waals surface area contributed by atoms with Crippen molar-refractivity contribution in [1.29, 1.82) is 0 Å². The van der Waals surface area contributed by atoms with E-state index in [-0.39, 0.29) is 11.9 Å². The summed E-state index contributed by atoms with van der Waals surface area (Å²) >= 11 is 2.90. The quantitative estimate of drug-likeness (QED) is 0.636. The fraction of sp³-hybridized carbons (Fsp3) is 0.250. The van der Waals surface area contributed by atoms with Crippen molar-refractivity contribution in [3.05, 3.63) is 59.7 Å². The van der Waals surface area contributed by atoms with E-state index < -0.39 is 0 Å². The number of benzene rings is 2. The molecule has 1 aliphatic rings. The highest BCUT2D eigenvalue weighted by atomic mass is 32.2. The summed E-state index contributed by atoms with van der Waals surface area (Å²) < 4.78 is 0.790. The Labute approximate surface area is 166 Å². The highest BCUT2D eigenvalue weighted by molar-refractivity contribution is 8.01. The number of aromatic nitrogens is 2. The van der Waals surface area contributed by atoms with Crippen LogP contribution in [-0.4, -0.2) is 27.9 Å². The van der Waals surface area contributed by atoms with Crippen molar-refractivity contribution in [2.75, 3.05) is 16.0 Å². The molecule has 4 rings (SSSR count). The van der Waals surface area contributed by atoms with Crippen molar-refractivity contribution in [3.63, 3.8) is 0 Å². The van der Waals surface area contributed by atoms with Gasteiger partial charge in [-0.15, -0.1) is 10.2 Å². The summed E-state index contributed by atoms with van der Waals surface area (Å²) in [5.41, 5.74) is 4.47. The number of thioether (sulfide) groups is 1. The summed E-state index contributed by atoms with van der Waals surface area (Å²) in [4.78, 5) is 14.7. The molecule has 138 valence electrons. The topological polar surface area (TPSA) is 58.1 Å². The van der Waals surface area contributed by atoms with Crippen LogP contribution in [0.4, 0.5) is 16.5 Å². The molecule has 27 heavy (non-hydrogen) atoms. The van der Waals surface area contributed by atoms with Gasteiger partial charge in [0.15, 0.2) is 4.34 Å². The fourth-order valence-corrected chi connectivity index (χ4v) is 4.85. The van der Waals surface area contributed by atoms with Crippen molar-refractivity contribution < 1.29 is 4.79 Å². The highest BCUT2D eigenvalue weighted by Gasteiger charge is 2.30. The first-order valence-electron chi connectivity index (χ1n) is 8.80. The second-order valence-corrected chi connectivity index (χ2v) is 8.80. The van der Waals surface area contributed by atoms with Crippen LogP contribution in [-0.2, 0) is 11.2 Å². The minimum absolute atomic E-state index is 0.112. The van der Waals surface area contributed by atoms with Crippen molar-refractivity contribution in [2.24, 2.45) is 0 Å². The number of hydrogen-bond donors (Lipinski definition) is 1. The van der Waals surface area contributed by atoms with Gasteiger partial charge in [-0.1, -0.05) is 59.0 Å². The molecule has 3 aromatic rings. The fourth-order valence-electron chi connectivity index (χ4n) is 3.22. The molecule has 7 heteroatoms. The number of aryl methyl sites for hydroxylation is 1. The molecule has 1 atom stereocenters. The Bertz CT molecular complexity index is 955. The number of carbonyl (C=O) groups excluding carboxylic acids is 1. The molecule has 0 aliphatic carbocycles. The number of amides is 1. The summed E-state index contributed by atoms with van der Waals surface area (Å²) in [5, 5.41) is 12.3. The van der Waals surface area contributed by atoms with Gasteiger partial charge in [0, 0.05) is 17.4 Å². The average molecular weight is 397 g/mol. The first-order chi connectivity index (χ1) is 13.1. The molecule has 1 aromatic heterocycles. The largest absolute Gasteiger partial charge is 0.330 e. The first-order valence-corrected chi connectivity index (χ1v) is 10.6. The second kappa shape index (κ2) is 7.70. The minimum Gasteiger partial charge on any atom is -0.330 e. The number of hydrogen-bond acceptors (Lipinski definition) is 6. The predicted molar refractivity (Wildman–Crippen MR) is 112 cm³/mol. The minimum atomic E-state index is 0.112. The van der Waals surface area contributed by atoms with E-state index in [4.69, 9.17) is 0 Å². The van der Waals surface area contributed by atoms with Crippen LogP contribution in [0.1, 0.15) is 18.1 Å². The second-order valence-electron chi connectivity index (χ2n) is 6.60. The molecule has 1 amide bonds. The molecule has 0 unspecified atom stereocenters. The lowest BCUT2D eigenvalue weighted by Crippen LogP contribution is -2.36. The molecule has 1 N–H and O–H groups in total. The van der Waals surface area contributed by atoms with Crippen molar-refractivity contribution in [2.45, 2.75) is 30.6 Å². The number of nitrogens with one attached hydrogen (secondary N) is 1. The SMILES string of the molecule is Cc1ccc(Nc2nnc(SCC(=O)N3c4ccccc4C[C@H]3C)s2)cc1. The molecule has 0 spiro atoms. The maximum atomic E-state index is 12.8. The molecule has 0 bridgehead atoms. The average Bonchev–Trinajstić information content (AvgIpc) is 3.24. The van der Waals surface area contributed by atoms with Gasteiger partial charge in [-0.25, -0.2) is 0 Å².